The summed E-state index contributed by atoms with van der Waals surface area (Å²) in [6, 6.07) is 0. The van der Waals surface area contributed by atoms with E-state index in [0.717, 1.165) is 22.0 Å². The number of carboxylic acids is 4. The Morgan fingerprint density at radius 2 is 1.28 bits per heavy atom. The molecule has 12 nitrogen and oxygen atoms in total. The van der Waals surface area contributed by atoms with Crippen LogP contribution in [0.1, 0.15) is 5.82 Å². The normalized spacial score (nSPS) is 9.86. The van der Waals surface area contributed by atoms with E-state index < -0.39 is 50.1 Å². The Hall–Kier alpha value is -2.73. The minimum Gasteiger partial charge on any atom is -0.480 e. The number of nitrogens with zero attached hydrogens (tertiary/aromatic N) is 3. The molecule has 0 aliphatic carbocycles. The van der Waals surface area contributed by atoms with Gasteiger partial charge in [-0.1, -0.05) is 6.08 Å². The standard InChI is InChI=1S/C10H16N2O8.C6H8N2.Fe/c13-7(14)3-11(4-8(15)16)1-2-12(5-9(17)18)6-10(19)20;1-2-3-6-7-4-5-8-6;/h1-6H2,(H,13,14)(H,15,16)(H,17,18)(H,19,20);2,4-5H,1,3H2,(H,7,8);. The van der Waals surface area contributed by atoms with Crippen molar-refractivity contribution in [3.63, 3.8) is 0 Å². The summed E-state index contributed by atoms with van der Waals surface area (Å²) in [5.74, 6) is -3.94. The Kier molecular flexibility index (Phi) is 16.0. The van der Waals surface area contributed by atoms with Crippen LogP contribution in [0, 0.1) is 0 Å². The minimum atomic E-state index is -1.23. The SMILES string of the molecule is C=CCc1ncc[nH]1.O=C(O)CN(CCN(CC(=O)O)CC(=O)O)CC(=O)O.[Fe]. The maximum absolute atomic E-state index is 10.6. The molecule has 0 amide bonds. The average Bonchev–Trinajstić information content (AvgIpc) is 3.04. The molecule has 0 fully saturated rings. The number of aromatic nitrogens is 2. The van der Waals surface area contributed by atoms with Gasteiger partial charge in [0.1, 0.15) is 5.82 Å². The fourth-order valence-corrected chi connectivity index (χ4v) is 2.02. The fraction of sp³-hybridized carbons (Fsp3) is 0.438. The van der Waals surface area contributed by atoms with Crippen LogP contribution in [0.3, 0.4) is 0 Å². The molecule has 0 atom stereocenters. The smallest absolute Gasteiger partial charge is 0.317 e. The van der Waals surface area contributed by atoms with E-state index in [1.165, 1.54) is 0 Å². The van der Waals surface area contributed by atoms with Gasteiger partial charge >= 0.3 is 23.9 Å². The summed E-state index contributed by atoms with van der Waals surface area (Å²) >= 11 is 0. The Bertz CT molecular complexity index is 585. The zero-order chi connectivity index (χ0) is 21.5. The molecule has 0 aromatic carbocycles. The third kappa shape index (κ3) is 17.1. The molecule has 0 saturated carbocycles. The van der Waals surface area contributed by atoms with Gasteiger partial charge < -0.3 is 25.4 Å². The van der Waals surface area contributed by atoms with E-state index in [2.05, 4.69) is 16.5 Å². The molecule has 29 heavy (non-hydrogen) atoms. The summed E-state index contributed by atoms with van der Waals surface area (Å²) in [7, 11) is 0. The fourth-order valence-electron chi connectivity index (χ4n) is 2.02. The second-order valence-corrected chi connectivity index (χ2v) is 5.52. The zero-order valence-corrected chi connectivity index (χ0v) is 16.6. The molecular weight excluding hydrogens is 432 g/mol. The van der Waals surface area contributed by atoms with Crippen LogP contribution >= 0.6 is 0 Å². The number of hydrogen-bond donors (Lipinski definition) is 5. The van der Waals surface area contributed by atoms with Crippen molar-refractivity contribution in [2.24, 2.45) is 0 Å². The number of hydrogen-bond acceptors (Lipinski definition) is 7. The number of nitrogens with one attached hydrogen (secondary N) is 1. The molecule has 1 heterocycles. The Morgan fingerprint density at radius 3 is 1.52 bits per heavy atom. The molecule has 0 bridgehead atoms. The van der Waals surface area contributed by atoms with Crippen LogP contribution in [0.25, 0.3) is 0 Å². The molecule has 0 unspecified atom stereocenters. The van der Waals surface area contributed by atoms with Gasteiger partial charge in [-0.3, -0.25) is 29.0 Å². The van der Waals surface area contributed by atoms with Crippen molar-refractivity contribution in [3.8, 4) is 0 Å². The van der Waals surface area contributed by atoms with Gasteiger partial charge in [0.25, 0.3) is 0 Å². The van der Waals surface area contributed by atoms with Crippen molar-refractivity contribution in [1.82, 2.24) is 19.8 Å². The van der Waals surface area contributed by atoms with Crippen molar-refractivity contribution in [1.29, 1.82) is 0 Å². The van der Waals surface area contributed by atoms with Crippen molar-refractivity contribution >= 4 is 23.9 Å². The first kappa shape index (κ1) is 28.5. The first-order valence-corrected chi connectivity index (χ1v) is 8.05. The topological polar surface area (TPSA) is 184 Å². The van der Waals surface area contributed by atoms with Gasteiger partial charge in [-0.05, 0) is 0 Å². The number of aliphatic carboxylic acids is 4. The molecule has 0 aliphatic heterocycles. The van der Waals surface area contributed by atoms with E-state index in [1.54, 1.807) is 12.4 Å². The molecule has 164 valence electrons. The Morgan fingerprint density at radius 1 is 0.897 bits per heavy atom. The van der Waals surface area contributed by atoms with Crippen molar-refractivity contribution in [3.05, 3.63) is 30.9 Å². The van der Waals surface area contributed by atoms with Gasteiger partial charge in [0.15, 0.2) is 0 Å². The number of carboxylic acid groups (broad SMARTS) is 4. The van der Waals surface area contributed by atoms with Crippen LogP contribution in [-0.4, -0.2) is 103 Å². The molecule has 13 heteroatoms. The molecule has 0 radical (unpaired) electrons. The summed E-state index contributed by atoms with van der Waals surface area (Å²) < 4.78 is 0. The number of carbonyl (C=O) groups is 4. The molecule has 1 rings (SSSR count). The number of aromatic amines is 1. The number of H-pyrrole nitrogens is 1. The number of rotatable bonds is 13. The van der Waals surface area contributed by atoms with Crippen LogP contribution in [0.15, 0.2) is 25.0 Å². The van der Waals surface area contributed by atoms with Gasteiger partial charge in [-0.15, -0.1) is 6.58 Å². The number of allylic oxidation sites excluding steroid dienone is 1. The summed E-state index contributed by atoms with van der Waals surface area (Å²) in [5, 5.41) is 34.5. The molecule has 0 spiro atoms. The second kappa shape index (κ2) is 16.2. The third-order valence-electron chi connectivity index (χ3n) is 3.06. The van der Waals surface area contributed by atoms with Crippen molar-refractivity contribution < 1.29 is 56.7 Å². The quantitative estimate of drug-likeness (QED) is 0.182. The third-order valence-corrected chi connectivity index (χ3v) is 3.06. The Balaban J connectivity index is 0. The van der Waals surface area contributed by atoms with Crippen molar-refractivity contribution in [2.45, 2.75) is 6.42 Å². The van der Waals surface area contributed by atoms with Crippen LogP contribution < -0.4 is 0 Å². The summed E-state index contributed by atoms with van der Waals surface area (Å²) in [4.78, 5) is 51.3. The van der Waals surface area contributed by atoms with E-state index in [9.17, 15) is 19.2 Å². The second-order valence-electron chi connectivity index (χ2n) is 5.52. The van der Waals surface area contributed by atoms with Crippen LogP contribution in [0.5, 0.6) is 0 Å². The summed E-state index contributed by atoms with van der Waals surface area (Å²) in [5.41, 5.74) is 0. The summed E-state index contributed by atoms with van der Waals surface area (Å²) in [6.45, 7) is 1.33. The molecule has 0 saturated heterocycles. The number of imidazole rings is 1. The van der Waals surface area contributed by atoms with E-state index in [4.69, 9.17) is 20.4 Å². The van der Waals surface area contributed by atoms with Crippen LogP contribution in [-0.2, 0) is 42.7 Å². The maximum Gasteiger partial charge on any atom is 0.317 e. The molecule has 1 aromatic rings. The first-order chi connectivity index (χ1) is 13.1. The average molecular weight is 456 g/mol. The maximum atomic E-state index is 10.6. The minimum absolute atomic E-state index is 0. The van der Waals surface area contributed by atoms with Gasteiger partial charge in [0, 0.05) is 49.0 Å². The Labute approximate surface area is 177 Å². The summed E-state index contributed by atoms with van der Waals surface area (Å²) in [6.07, 6.45) is 6.18. The zero-order valence-electron chi connectivity index (χ0n) is 15.5. The monoisotopic (exact) mass is 456 g/mol. The van der Waals surface area contributed by atoms with E-state index >= 15 is 0 Å². The van der Waals surface area contributed by atoms with E-state index in [0.29, 0.717) is 0 Å². The predicted octanol–water partition coefficient (Wildman–Crippen LogP) is -0.935. The van der Waals surface area contributed by atoms with Gasteiger partial charge in [0.05, 0.1) is 26.2 Å². The van der Waals surface area contributed by atoms with E-state index in [-0.39, 0.29) is 30.2 Å². The largest absolute Gasteiger partial charge is 0.480 e. The van der Waals surface area contributed by atoms with Crippen molar-refractivity contribution in [2.75, 3.05) is 39.3 Å². The predicted molar refractivity (Wildman–Crippen MR) is 95.9 cm³/mol. The molecule has 1 aromatic heterocycles. The molecule has 5 N–H and O–H groups in total. The van der Waals surface area contributed by atoms with Crippen LogP contribution in [0.4, 0.5) is 0 Å². The van der Waals surface area contributed by atoms with Gasteiger partial charge in [0.2, 0.25) is 0 Å². The van der Waals surface area contributed by atoms with Crippen LogP contribution in [0.2, 0.25) is 0 Å². The van der Waals surface area contributed by atoms with E-state index in [1.807, 2.05) is 6.08 Å². The first-order valence-electron chi connectivity index (χ1n) is 8.05. The molecular formula is C16H24FeN4O8. The van der Waals surface area contributed by atoms with Gasteiger partial charge in [-0.2, -0.15) is 0 Å². The van der Waals surface area contributed by atoms with Gasteiger partial charge in [-0.25, -0.2) is 4.98 Å². The molecule has 0 aliphatic rings.